The lowest BCUT2D eigenvalue weighted by molar-refractivity contribution is 0.00294. The normalized spacial score (nSPS) is 24.1. The van der Waals surface area contributed by atoms with E-state index in [0.29, 0.717) is 5.56 Å². The lowest BCUT2D eigenvalue weighted by atomic mass is 9.94. The molecule has 0 amide bonds. The molecule has 2 unspecified atom stereocenters. The lowest BCUT2D eigenvalue weighted by Crippen LogP contribution is -2.41. The summed E-state index contributed by atoms with van der Waals surface area (Å²) in [7, 11) is 0. The number of ether oxygens (including phenoxy) is 1. The van der Waals surface area contributed by atoms with Gasteiger partial charge in [0.2, 0.25) is 0 Å². The van der Waals surface area contributed by atoms with E-state index in [1.54, 1.807) is 30.3 Å². The fraction of sp³-hybridized carbons (Fsp3) is 0.250. The third-order valence-corrected chi connectivity index (χ3v) is 3.18. The number of hydrogen-bond donors (Lipinski definition) is 0. The number of nitriles is 1. The van der Waals surface area contributed by atoms with Crippen LogP contribution in [0.1, 0.15) is 22.8 Å². The van der Waals surface area contributed by atoms with Crippen molar-refractivity contribution in [2.45, 2.75) is 25.1 Å². The van der Waals surface area contributed by atoms with E-state index in [1.807, 2.05) is 6.92 Å². The van der Waals surface area contributed by atoms with Gasteiger partial charge in [0, 0.05) is 0 Å². The van der Waals surface area contributed by atoms with E-state index >= 15 is 0 Å². The van der Waals surface area contributed by atoms with Gasteiger partial charge in [-0.05, 0) is 36.3 Å². The summed E-state index contributed by atoms with van der Waals surface area (Å²) >= 11 is 0. The average Bonchev–Trinajstić information content (AvgIpc) is 2.49. The molecule has 3 nitrogen and oxygen atoms in total. The first-order valence-corrected chi connectivity index (χ1v) is 6.35. The second kappa shape index (κ2) is 5.70. The van der Waals surface area contributed by atoms with Crippen molar-refractivity contribution in [2.24, 2.45) is 0 Å². The first-order chi connectivity index (χ1) is 9.61. The predicted molar refractivity (Wildman–Crippen MR) is 72.8 cm³/mol. The zero-order valence-electron chi connectivity index (χ0n) is 11.0. The molecule has 1 aromatic rings. The fourth-order valence-electron chi connectivity index (χ4n) is 1.90. The molecule has 1 aromatic carbocycles. The maximum Gasteiger partial charge on any atom is 0.340 e. The molecule has 1 aliphatic rings. The van der Waals surface area contributed by atoms with Crippen molar-refractivity contribution in [3.63, 3.8) is 0 Å². The van der Waals surface area contributed by atoms with Crippen molar-refractivity contribution in [1.82, 2.24) is 0 Å². The Kier molecular flexibility index (Phi) is 3.99. The Morgan fingerprint density at radius 3 is 2.65 bits per heavy atom. The highest BCUT2D eigenvalue weighted by Gasteiger charge is 2.41. The summed E-state index contributed by atoms with van der Waals surface area (Å²) in [5.74, 6) is -0.711. The molecule has 1 aliphatic carbocycles. The number of rotatable bonds is 3. The van der Waals surface area contributed by atoms with Crippen LogP contribution >= 0.6 is 0 Å². The van der Waals surface area contributed by atoms with Crippen LogP contribution in [0, 0.1) is 11.3 Å². The number of nitrogens with zero attached hydrogens (tertiary/aromatic N) is 1. The van der Waals surface area contributed by atoms with Gasteiger partial charge in [-0.1, -0.05) is 31.2 Å². The second-order valence-electron chi connectivity index (χ2n) is 4.49. The summed E-state index contributed by atoms with van der Waals surface area (Å²) < 4.78 is 18.9. The van der Waals surface area contributed by atoms with Crippen molar-refractivity contribution >= 4 is 5.97 Å². The molecule has 0 saturated carbocycles. The molecule has 0 fully saturated rings. The Balaban J connectivity index is 2.19. The molecule has 0 spiro atoms. The van der Waals surface area contributed by atoms with Crippen molar-refractivity contribution < 1.29 is 13.9 Å². The van der Waals surface area contributed by atoms with E-state index in [0.717, 1.165) is 12.0 Å². The van der Waals surface area contributed by atoms with E-state index in [9.17, 15) is 9.18 Å². The van der Waals surface area contributed by atoms with Gasteiger partial charge in [-0.2, -0.15) is 5.26 Å². The summed E-state index contributed by atoms with van der Waals surface area (Å²) in [6, 6.07) is 8.57. The highest BCUT2D eigenvalue weighted by molar-refractivity contribution is 5.90. The molecular weight excluding hydrogens is 257 g/mol. The molecular formula is C16H14FNO2. The first kappa shape index (κ1) is 14.0. The van der Waals surface area contributed by atoms with Gasteiger partial charge in [0.1, 0.15) is 6.07 Å². The van der Waals surface area contributed by atoms with Crippen molar-refractivity contribution in [3.8, 4) is 6.07 Å². The van der Waals surface area contributed by atoms with Crippen molar-refractivity contribution in [2.75, 3.05) is 0 Å². The van der Waals surface area contributed by atoms with Crippen molar-refractivity contribution in [3.05, 3.63) is 59.7 Å². The summed E-state index contributed by atoms with van der Waals surface area (Å²) in [5, 5.41) is 9.14. The minimum atomic E-state index is -1.88. The van der Waals surface area contributed by atoms with Crippen LogP contribution in [0.3, 0.4) is 0 Å². The molecule has 0 N–H and O–H groups in total. The molecule has 0 bridgehead atoms. The number of carbonyl (C=O) groups excluding carboxylic acids is 1. The molecule has 0 aliphatic heterocycles. The number of esters is 1. The Hall–Kier alpha value is -2.41. The highest BCUT2D eigenvalue weighted by Crippen LogP contribution is 2.26. The van der Waals surface area contributed by atoms with Crippen LogP contribution in [-0.4, -0.2) is 17.7 Å². The maximum atomic E-state index is 13.9. The number of benzene rings is 1. The fourth-order valence-corrected chi connectivity index (χ4v) is 1.90. The molecule has 2 rings (SSSR count). The van der Waals surface area contributed by atoms with Crippen LogP contribution in [0.4, 0.5) is 4.39 Å². The number of allylic oxidation sites excluding steroid dienone is 2. The van der Waals surface area contributed by atoms with Gasteiger partial charge in [-0.15, -0.1) is 0 Å². The molecule has 2 atom stereocenters. The molecule has 4 heteroatoms. The monoisotopic (exact) mass is 271 g/mol. The third-order valence-electron chi connectivity index (χ3n) is 3.18. The van der Waals surface area contributed by atoms with Crippen molar-refractivity contribution in [1.29, 1.82) is 5.26 Å². The lowest BCUT2D eigenvalue weighted by Gasteiger charge is -2.26. The second-order valence-corrected chi connectivity index (χ2v) is 4.49. The molecule has 0 heterocycles. The molecule has 0 saturated heterocycles. The van der Waals surface area contributed by atoms with Gasteiger partial charge >= 0.3 is 5.97 Å². The number of alkyl halides is 1. The van der Waals surface area contributed by atoms with E-state index in [2.05, 4.69) is 0 Å². The number of halogens is 1. The SMILES string of the molecule is CCc1ccc(C(=O)OC2(C#N)C=CC=CC2F)cc1. The smallest absolute Gasteiger partial charge is 0.340 e. The number of carbonyl (C=O) groups is 1. The van der Waals surface area contributed by atoms with E-state index in [1.165, 1.54) is 24.3 Å². The van der Waals surface area contributed by atoms with Crippen LogP contribution in [0.5, 0.6) is 0 Å². The zero-order chi connectivity index (χ0) is 14.6. The van der Waals surface area contributed by atoms with E-state index < -0.39 is 17.7 Å². The topological polar surface area (TPSA) is 50.1 Å². The van der Waals surface area contributed by atoms with Gasteiger partial charge < -0.3 is 4.74 Å². The average molecular weight is 271 g/mol. The van der Waals surface area contributed by atoms with Crippen LogP contribution in [0.25, 0.3) is 0 Å². The standard InChI is InChI=1S/C16H14FNO2/c1-2-12-6-8-13(9-7-12)15(19)20-16(11-18)10-4-3-5-14(16)17/h3-10,14H,2H2,1H3. The highest BCUT2D eigenvalue weighted by atomic mass is 19.1. The molecule has 20 heavy (non-hydrogen) atoms. The van der Waals surface area contributed by atoms with Crippen LogP contribution in [-0.2, 0) is 11.2 Å². The van der Waals surface area contributed by atoms with Gasteiger partial charge in [0.25, 0.3) is 5.60 Å². The van der Waals surface area contributed by atoms with Gasteiger partial charge in [0.15, 0.2) is 6.17 Å². The Bertz CT molecular complexity index is 598. The van der Waals surface area contributed by atoms with E-state index in [4.69, 9.17) is 10.00 Å². The number of hydrogen-bond acceptors (Lipinski definition) is 3. The first-order valence-electron chi connectivity index (χ1n) is 6.35. The molecule has 102 valence electrons. The summed E-state index contributed by atoms with van der Waals surface area (Å²) in [4.78, 5) is 12.0. The summed E-state index contributed by atoms with van der Waals surface area (Å²) in [6.07, 6.45) is 4.61. The Labute approximate surface area is 117 Å². The van der Waals surface area contributed by atoms with Crippen LogP contribution < -0.4 is 0 Å². The summed E-state index contributed by atoms with van der Waals surface area (Å²) in [6.45, 7) is 2.00. The van der Waals surface area contributed by atoms with Crippen LogP contribution in [0.2, 0.25) is 0 Å². The van der Waals surface area contributed by atoms with Gasteiger partial charge in [0.05, 0.1) is 5.56 Å². The zero-order valence-corrected chi connectivity index (χ0v) is 11.0. The maximum absolute atomic E-state index is 13.9. The van der Waals surface area contributed by atoms with Crippen LogP contribution in [0.15, 0.2) is 48.6 Å². The Morgan fingerprint density at radius 1 is 1.40 bits per heavy atom. The van der Waals surface area contributed by atoms with E-state index in [-0.39, 0.29) is 0 Å². The summed E-state index contributed by atoms with van der Waals surface area (Å²) in [5.41, 5.74) is -0.498. The third kappa shape index (κ3) is 2.62. The number of aryl methyl sites for hydroxylation is 1. The largest absolute Gasteiger partial charge is 0.433 e. The molecule has 0 radical (unpaired) electrons. The predicted octanol–water partition coefficient (Wildman–Crippen LogP) is 3.13. The van der Waals surface area contributed by atoms with Gasteiger partial charge in [-0.3, -0.25) is 0 Å². The quantitative estimate of drug-likeness (QED) is 0.793. The minimum absolute atomic E-state index is 0.298. The van der Waals surface area contributed by atoms with Gasteiger partial charge in [-0.25, -0.2) is 9.18 Å². The Morgan fingerprint density at radius 2 is 2.10 bits per heavy atom. The minimum Gasteiger partial charge on any atom is -0.433 e. The molecule has 0 aromatic heterocycles.